The summed E-state index contributed by atoms with van der Waals surface area (Å²) < 4.78 is 28.8. The molecule has 32 heavy (non-hydrogen) atoms. The first-order valence-electron chi connectivity index (χ1n) is 9.40. The number of aromatic carboxylic acids is 1. The minimum Gasteiger partial charge on any atom is -0.478 e. The molecule has 0 fully saturated rings. The number of allylic oxidation sites excluding steroid dienone is 1. The van der Waals surface area contributed by atoms with E-state index in [1.807, 2.05) is 0 Å². The van der Waals surface area contributed by atoms with E-state index < -0.39 is 17.6 Å². The van der Waals surface area contributed by atoms with Crippen LogP contribution in [0.3, 0.4) is 0 Å². The van der Waals surface area contributed by atoms with Crippen molar-refractivity contribution < 1.29 is 18.7 Å². The van der Waals surface area contributed by atoms with E-state index in [4.69, 9.17) is 16.7 Å². The van der Waals surface area contributed by atoms with Gasteiger partial charge in [-0.05, 0) is 59.7 Å². The third-order valence-electron chi connectivity index (χ3n) is 4.84. The average Bonchev–Trinajstić information content (AvgIpc) is 3.07. The van der Waals surface area contributed by atoms with Gasteiger partial charge in [-0.3, -0.25) is 4.68 Å². The molecule has 0 atom stereocenters. The zero-order valence-corrected chi connectivity index (χ0v) is 17.1. The Kier molecular flexibility index (Phi) is 5.71. The molecule has 0 saturated carbocycles. The van der Waals surface area contributed by atoms with E-state index in [1.165, 1.54) is 24.3 Å². The quantitative estimate of drug-likeness (QED) is 0.392. The number of hydrogen-bond donors (Lipinski definition) is 1. The fraction of sp³-hybridized carbons (Fsp3) is 0.0417. The highest BCUT2D eigenvalue weighted by atomic mass is 35.5. The van der Waals surface area contributed by atoms with Crippen LogP contribution in [0, 0.1) is 23.0 Å². The standard InChI is InChI=1S/C24H14ClF2N3O2/c25-18-5-6-21-22(9-17(12-28)15-1-3-16(4-2-15)24(31)32)29-30(23(21)10-18)13-14-7-19(26)11-20(27)8-14/h1-11H,13H2,(H,31,32). The predicted octanol–water partition coefficient (Wildman–Crippen LogP) is 5.78. The zero-order chi connectivity index (χ0) is 22.8. The molecule has 0 saturated heterocycles. The monoisotopic (exact) mass is 449 g/mol. The Labute approximate surface area is 186 Å². The number of fused-ring (bicyclic) bond motifs is 1. The van der Waals surface area contributed by atoms with E-state index >= 15 is 0 Å². The van der Waals surface area contributed by atoms with Gasteiger partial charge in [0.15, 0.2) is 0 Å². The highest BCUT2D eigenvalue weighted by molar-refractivity contribution is 6.31. The number of carboxylic acids is 1. The summed E-state index contributed by atoms with van der Waals surface area (Å²) in [4.78, 5) is 11.1. The van der Waals surface area contributed by atoms with Crippen molar-refractivity contribution in [2.75, 3.05) is 0 Å². The third kappa shape index (κ3) is 4.36. The molecule has 0 bridgehead atoms. The van der Waals surface area contributed by atoms with Crippen molar-refractivity contribution in [2.24, 2.45) is 0 Å². The largest absolute Gasteiger partial charge is 0.478 e. The molecule has 1 aromatic heterocycles. The molecule has 0 aliphatic rings. The first-order valence-corrected chi connectivity index (χ1v) is 9.78. The minimum absolute atomic E-state index is 0.0918. The van der Waals surface area contributed by atoms with Crippen LogP contribution in [0.15, 0.2) is 60.7 Å². The van der Waals surface area contributed by atoms with Crippen molar-refractivity contribution in [2.45, 2.75) is 6.54 Å². The molecule has 0 unspecified atom stereocenters. The molecule has 0 aliphatic heterocycles. The maximum atomic E-state index is 13.6. The highest BCUT2D eigenvalue weighted by Gasteiger charge is 2.13. The molecule has 5 nitrogen and oxygen atoms in total. The van der Waals surface area contributed by atoms with Crippen molar-refractivity contribution in [3.63, 3.8) is 0 Å². The fourth-order valence-corrected chi connectivity index (χ4v) is 3.55. The lowest BCUT2D eigenvalue weighted by molar-refractivity contribution is 0.0697. The summed E-state index contributed by atoms with van der Waals surface area (Å²) in [6.45, 7) is 0.0918. The van der Waals surface area contributed by atoms with Gasteiger partial charge >= 0.3 is 5.97 Å². The smallest absolute Gasteiger partial charge is 0.335 e. The SMILES string of the molecule is N#CC(=Cc1nn(Cc2cc(F)cc(F)c2)c2cc(Cl)ccc12)c1ccc(C(=O)O)cc1. The molecular weight excluding hydrogens is 436 g/mol. The highest BCUT2D eigenvalue weighted by Crippen LogP contribution is 2.27. The summed E-state index contributed by atoms with van der Waals surface area (Å²) in [7, 11) is 0. The van der Waals surface area contributed by atoms with Crippen LogP contribution in [0.5, 0.6) is 0 Å². The predicted molar refractivity (Wildman–Crippen MR) is 117 cm³/mol. The first-order chi connectivity index (χ1) is 15.3. The summed E-state index contributed by atoms with van der Waals surface area (Å²) >= 11 is 6.15. The van der Waals surface area contributed by atoms with Crippen molar-refractivity contribution >= 4 is 40.1 Å². The van der Waals surface area contributed by atoms with Crippen molar-refractivity contribution in [1.29, 1.82) is 5.26 Å². The lowest BCUT2D eigenvalue weighted by Crippen LogP contribution is -2.03. The minimum atomic E-state index is -1.06. The lowest BCUT2D eigenvalue weighted by atomic mass is 10.0. The first kappa shape index (κ1) is 21.2. The van der Waals surface area contributed by atoms with Gasteiger partial charge in [-0.25, -0.2) is 13.6 Å². The Morgan fingerprint density at radius 3 is 2.34 bits per heavy atom. The number of halogens is 3. The van der Waals surface area contributed by atoms with Gasteiger partial charge in [0.1, 0.15) is 11.6 Å². The number of benzene rings is 3. The second kappa shape index (κ2) is 8.61. The zero-order valence-electron chi connectivity index (χ0n) is 16.4. The van der Waals surface area contributed by atoms with E-state index in [-0.39, 0.29) is 17.7 Å². The molecule has 0 spiro atoms. The molecule has 0 radical (unpaired) electrons. The molecule has 0 aliphatic carbocycles. The molecule has 158 valence electrons. The van der Waals surface area contributed by atoms with Gasteiger partial charge in [-0.2, -0.15) is 10.4 Å². The number of aromatic nitrogens is 2. The summed E-state index contributed by atoms with van der Waals surface area (Å²) in [5, 5.41) is 24.4. The van der Waals surface area contributed by atoms with Crippen LogP contribution in [0.4, 0.5) is 8.78 Å². The van der Waals surface area contributed by atoms with Gasteiger partial charge in [-0.1, -0.05) is 23.7 Å². The fourth-order valence-electron chi connectivity index (χ4n) is 3.38. The van der Waals surface area contributed by atoms with Gasteiger partial charge < -0.3 is 5.11 Å². The van der Waals surface area contributed by atoms with Crippen LogP contribution in [0.2, 0.25) is 5.02 Å². The Morgan fingerprint density at radius 1 is 1.06 bits per heavy atom. The summed E-state index contributed by atoms with van der Waals surface area (Å²) in [5.41, 5.74) is 2.39. The molecule has 0 amide bonds. The number of rotatable bonds is 5. The van der Waals surface area contributed by atoms with Gasteiger partial charge in [0, 0.05) is 16.5 Å². The summed E-state index contributed by atoms with van der Waals surface area (Å²) in [5.74, 6) is -2.44. The van der Waals surface area contributed by atoms with Crippen LogP contribution in [-0.2, 0) is 6.54 Å². The Balaban J connectivity index is 1.80. The number of nitrogens with zero attached hydrogens (tertiary/aromatic N) is 3. The van der Waals surface area contributed by atoms with Crippen molar-refractivity contribution in [3.05, 3.63) is 99.7 Å². The van der Waals surface area contributed by atoms with E-state index in [0.29, 0.717) is 32.7 Å². The maximum absolute atomic E-state index is 13.6. The summed E-state index contributed by atoms with van der Waals surface area (Å²) in [6.07, 6.45) is 1.58. The van der Waals surface area contributed by atoms with Crippen LogP contribution < -0.4 is 0 Å². The maximum Gasteiger partial charge on any atom is 0.335 e. The number of carboxylic acid groups (broad SMARTS) is 1. The van der Waals surface area contributed by atoms with Crippen LogP contribution in [0.25, 0.3) is 22.6 Å². The molecule has 4 rings (SSSR count). The number of hydrogen-bond acceptors (Lipinski definition) is 3. The number of carbonyl (C=O) groups is 1. The third-order valence-corrected chi connectivity index (χ3v) is 5.08. The van der Waals surface area contributed by atoms with Crippen LogP contribution in [-0.4, -0.2) is 20.9 Å². The molecule has 4 aromatic rings. The van der Waals surface area contributed by atoms with Crippen LogP contribution >= 0.6 is 11.6 Å². The molecule has 3 aromatic carbocycles. The second-order valence-electron chi connectivity index (χ2n) is 7.03. The van der Waals surface area contributed by atoms with Crippen molar-refractivity contribution in [1.82, 2.24) is 9.78 Å². The van der Waals surface area contributed by atoms with Gasteiger partial charge in [0.25, 0.3) is 0 Å². The van der Waals surface area contributed by atoms with E-state index in [1.54, 1.807) is 41.1 Å². The lowest BCUT2D eigenvalue weighted by Gasteiger charge is -2.05. The molecule has 8 heteroatoms. The Hall–Kier alpha value is -4.02. The van der Waals surface area contributed by atoms with Crippen molar-refractivity contribution in [3.8, 4) is 6.07 Å². The van der Waals surface area contributed by atoms with E-state index in [0.717, 1.165) is 6.07 Å². The van der Waals surface area contributed by atoms with Gasteiger partial charge in [0.2, 0.25) is 0 Å². The normalized spacial score (nSPS) is 11.5. The molecular formula is C24H14ClF2N3O2. The second-order valence-corrected chi connectivity index (χ2v) is 7.47. The van der Waals surface area contributed by atoms with Crippen LogP contribution in [0.1, 0.15) is 27.2 Å². The van der Waals surface area contributed by atoms with Gasteiger partial charge in [0.05, 0.1) is 35.0 Å². The topological polar surface area (TPSA) is 78.9 Å². The van der Waals surface area contributed by atoms with E-state index in [2.05, 4.69) is 11.2 Å². The molecule has 1 N–H and O–H groups in total. The van der Waals surface area contributed by atoms with Gasteiger partial charge in [-0.15, -0.1) is 0 Å². The Bertz CT molecular complexity index is 1400. The van der Waals surface area contributed by atoms with E-state index in [9.17, 15) is 18.8 Å². The summed E-state index contributed by atoms with van der Waals surface area (Å²) in [6, 6.07) is 16.4. The Morgan fingerprint density at radius 2 is 1.72 bits per heavy atom. The molecule has 1 heterocycles. The average molecular weight is 450 g/mol. The number of nitriles is 1.